The Morgan fingerprint density at radius 2 is 2.13 bits per heavy atom. The van der Waals surface area contributed by atoms with Crippen molar-refractivity contribution in [2.45, 2.75) is 39.2 Å². The van der Waals surface area contributed by atoms with Crippen molar-refractivity contribution in [3.05, 3.63) is 0 Å². The molecule has 0 saturated carbocycles. The van der Waals surface area contributed by atoms with Crippen LogP contribution in [0.25, 0.3) is 0 Å². The molecule has 0 aromatic rings. The van der Waals surface area contributed by atoms with Crippen LogP contribution in [0.1, 0.15) is 33.6 Å². The topological polar surface area (TPSA) is 64.3 Å². The quantitative estimate of drug-likeness (QED) is 0.622. The van der Waals surface area contributed by atoms with E-state index in [0.29, 0.717) is 19.0 Å². The van der Waals surface area contributed by atoms with E-state index in [9.17, 15) is 4.79 Å². The molecule has 1 unspecified atom stereocenters. The van der Waals surface area contributed by atoms with E-state index < -0.39 is 5.60 Å². The summed E-state index contributed by atoms with van der Waals surface area (Å²) in [4.78, 5) is 11.5. The molecule has 0 aliphatic carbocycles. The van der Waals surface area contributed by atoms with E-state index >= 15 is 0 Å². The van der Waals surface area contributed by atoms with E-state index in [1.165, 1.54) is 7.11 Å². The average molecular weight is 216 g/mol. The minimum Gasteiger partial charge on any atom is -0.369 e. The van der Waals surface area contributed by atoms with Crippen molar-refractivity contribution < 1.29 is 9.53 Å². The van der Waals surface area contributed by atoms with Crippen molar-refractivity contribution in [2.75, 3.05) is 20.2 Å². The van der Waals surface area contributed by atoms with Gasteiger partial charge in [0, 0.05) is 13.7 Å². The van der Waals surface area contributed by atoms with Gasteiger partial charge in [0.25, 0.3) is 5.91 Å². The third-order valence-electron chi connectivity index (χ3n) is 2.62. The Bertz CT molecular complexity index is 193. The van der Waals surface area contributed by atoms with Crippen LogP contribution >= 0.6 is 0 Å². The highest BCUT2D eigenvalue weighted by Gasteiger charge is 2.26. The minimum absolute atomic E-state index is 0.0644. The summed E-state index contributed by atoms with van der Waals surface area (Å²) in [6.45, 7) is 7.02. The lowest BCUT2D eigenvalue weighted by Crippen LogP contribution is -2.43. The van der Waals surface area contributed by atoms with Crippen molar-refractivity contribution in [3.8, 4) is 0 Å². The summed E-state index contributed by atoms with van der Waals surface area (Å²) in [6, 6.07) is 0. The summed E-state index contributed by atoms with van der Waals surface area (Å²) in [5, 5.41) is 2.85. The van der Waals surface area contributed by atoms with Gasteiger partial charge >= 0.3 is 0 Å². The van der Waals surface area contributed by atoms with E-state index in [4.69, 9.17) is 10.5 Å². The minimum atomic E-state index is -0.737. The van der Waals surface area contributed by atoms with Gasteiger partial charge in [0.15, 0.2) is 0 Å². The molecule has 0 bridgehead atoms. The highest BCUT2D eigenvalue weighted by atomic mass is 16.5. The number of nitrogens with two attached hydrogens (primary N) is 1. The van der Waals surface area contributed by atoms with Gasteiger partial charge in [-0.05, 0) is 39.2 Å². The predicted octanol–water partition coefficient (Wildman–Crippen LogP) is 0.903. The first kappa shape index (κ1) is 14.4. The zero-order valence-corrected chi connectivity index (χ0v) is 10.3. The number of rotatable bonds is 7. The second-order valence-electron chi connectivity index (χ2n) is 4.45. The fourth-order valence-corrected chi connectivity index (χ4v) is 1.08. The molecule has 0 rings (SSSR count). The molecule has 0 spiro atoms. The molecule has 0 aromatic heterocycles. The van der Waals surface area contributed by atoms with Crippen molar-refractivity contribution in [1.29, 1.82) is 0 Å². The monoisotopic (exact) mass is 216 g/mol. The smallest absolute Gasteiger partial charge is 0.251 e. The molecule has 1 atom stereocenters. The Kier molecular flexibility index (Phi) is 6.52. The van der Waals surface area contributed by atoms with Crippen molar-refractivity contribution >= 4 is 5.91 Å². The number of carbonyl (C=O) groups is 1. The number of hydrogen-bond donors (Lipinski definition) is 2. The summed E-state index contributed by atoms with van der Waals surface area (Å²) in [5.74, 6) is 0.461. The zero-order chi connectivity index (χ0) is 11.9. The normalized spacial score (nSPS) is 13.7. The van der Waals surface area contributed by atoms with Crippen LogP contribution in [-0.2, 0) is 9.53 Å². The van der Waals surface area contributed by atoms with Gasteiger partial charge < -0.3 is 15.8 Å². The Hall–Kier alpha value is -0.610. The maximum absolute atomic E-state index is 11.5. The van der Waals surface area contributed by atoms with E-state index in [1.54, 1.807) is 13.8 Å². The number of ether oxygens (including phenoxy) is 1. The van der Waals surface area contributed by atoms with Gasteiger partial charge in [-0.3, -0.25) is 4.79 Å². The Morgan fingerprint density at radius 1 is 1.53 bits per heavy atom. The molecule has 0 aliphatic rings. The molecule has 0 radical (unpaired) electrons. The zero-order valence-electron chi connectivity index (χ0n) is 10.3. The first-order valence-corrected chi connectivity index (χ1v) is 5.47. The SMILES string of the molecule is COC(C)(C)C(=O)NCCCC(C)CN. The predicted molar refractivity (Wildman–Crippen MR) is 61.6 cm³/mol. The molecular formula is C11H24N2O2. The molecule has 0 saturated heterocycles. The van der Waals surface area contributed by atoms with Gasteiger partial charge in [0.2, 0.25) is 0 Å². The van der Waals surface area contributed by atoms with Crippen LogP contribution in [0.2, 0.25) is 0 Å². The van der Waals surface area contributed by atoms with Crippen LogP contribution in [0.3, 0.4) is 0 Å². The van der Waals surface area contributed by atoms with E-state index in [2.05, 4.69) is 12.2 Å². The first-order chi connectivity index (χ1) is 6.94. The summed E-state index contributed by atoms with van der Waals surface area (Å²) in [7, 11) is 1.54. The number of nitrogens with one attached hydrogen (secondary N) is 1. The van der Waals surface area contributed by atoms with Crippen LogP contribution in [0.5, 0.6) is 0 Å². The molecule has 15 heavy (non-hydrogen) atoms. The Morgan fingerprint density at radius 3 is 2.60 bits per heavy atom. The van der Waals surface area contributed by atoms with Crippen LogP contribution in [0.15, 0.2) is 0 Å². The van der Waals surface area contributed by atoms with E-state index in [1.807, 2.05) is 0 Å². The summed E-state index contributed by atoms with van der Waals surface area (Å²) >= 11 is 0. The number of methoxy groups -OCH3 is 1. The molecule has 4 nitrogen and oxygen atoms in total. The number of amides is 1. The second-order valence-corrected chi connectivity index (χ2v) is 4.45. The number of hydrogen-bond acceptors (Lipinski definition) is 3. The molecule has 4 heteroatoms. The van der Waals surface area contributed by atoms with Crippen LogP contribution in [-0.4, -0.2) is 31.7 Å². The van der Waals surface area contributed by atoms with Gasteiger partial charge in [-0.25, -0.2) is 0 Å². The third kappa shape index (κ3) is 5.74. The summed E-state index contributed by atoms with van der Waals surface area (Å²) in [5.41, 5.74) is 4.76. The van der Waals surface area contributed by atoms with E-state index in [0.717, 1.165) is 12.8 Å². The fourth-order valence-electron chi connectivity index (χ4n) is 1.08. The first-order valence-electron chi connectivity index (χ1n) is 5.47. The van der Waals surface area contributed by atoms with Crippen molar-refractivity contribution in [3.63, 3.8) is 0 Å². The van der Waals surface area contributed by atoms with Crippen molar-refractivity contribution in [1.82, 2.24) is 5.32 Å². The molecule has 0 heterocycles. The van der Waals surface area contributed by atoms with E-state index in [-0.39, 0.29) is 5.91 Å². The van der Waals surface area contributed by atoms with Gasteiger partial charge in [-0.2, -0.15) is 0 Å². The van der Waals surface area contributed by atoms with Gasteiger partial charge in [0.05, 0.1) is 0 Å². The average Bonchev–Trinajstić information content (AvgIpc) is 2.23. The Balaban J connectivity index is 3.64. The molecular weight excluding hydrogens is 192 g/mol. The fraction of sp³-hybridized carbons (Fsp3) is 0.909. The van der Waals surface area contributed by atoms with Crippen LogP contribution < -0.4 is 11.1 Å². The van der Waals surface area contributed by atoms with Crippen LogP contribution in [0.4, 0.5) is 0 Å². The molecule has 3 N–H and O–H groups in total. The van der Waals surface area contributed by atoms with Gasteiger partial charge in [-0.1, -0.05) is 6.92 Å². The largest absolute Gasteiger partial charge is 0.369 e. The molecule has 0 fully saturated rings. The molecule has 0 aliphatic heterocycles. The third-order valence-corrected chi connectivity index (χ3v) is 2.62. The molecule has 90 valence electrons. The van der Waals surface area contributed by atoms with Crippen molar-refractivity contribution in [2.24, 2.45) is 11.7 Å². The molecule has 0 aromatic carbocycles. The highest BCUT2D eigenvalue weighted by molar-refractivity contribution is 5.84. The lowest BCUT2D eigenvalue weighted by molar-refractivity contribution is -0.139. The van der Waals surface area contributed by atoms with Gasteiger partial charge in [-0.15, -0.1) is 0 Å². The maximum atomic E-state index is 11.5. The lowest BCUT2D eigenvalue weighted by atomic mass is 10.1. The molecule has 1 amide bonds. The number of carbonyl (C=O) groups excluding carboxylic acids is 1. The highest BCUT2D eigenvalue weighted by Crippen LogP contribution is 2.07. The Labute approximate surface area is 92.6 Å². The lowest BCUT2D eigenvalue weighted by Gasteiger charge is -2.21. The second kappa shape index (κ2) is 6.80. The summed E-state index contributed by atoms with van der Waals surface area (Å²) in [6.07, 6.45) is 2.01. The van der Waals surface area contributed by atoms with Crippen LogP contribution in [0, 0.1) is 5.92 Å². The van der Waals surface area contributed by atoms with Gasteiger partial charge in [0.1, 0.15) is 5.60 Å². The summed E-state index contributed by atoms with van der Waals surface area (Å²) < 4.78 is 5.07. The maximum Gasteiger partial charge on any atom is 0.251 e. The standard InChI is InChI=1S/C11H24N2O2/c1-9(8-12)6-5-7-13-10(14)11(2,3)15-4/h9H,5-8,12H2,1-4H3,(H,13,14).